The van der Waals surface area contributed by atoms with E-state index in [1.807, 2.05) is 12.4 Å². The summed E-state index contributed by atoms with van der Waals surface area (Å²) in [7, 11) is 0. The van der Waals surface area contributed by atoms with E-state index in [2.05, 4.69) is 126 Å². The molecule has 2 aliphatic heterocycles. The third kappa shape index (κ3) is 10.9. The molecule has 0 aliphatic carbocycles. The minimum Gasteiger partial charge on any atom is -0.491 e. The molecule has 2 aromatic heterocycles. The molecule has 2 fully saturated rings. The first-order valence-corrected chi connectivity index (χ1v) is 22.2. The number of fused-ring (bicyclic) bond motifs is 2. The molecule has 4 aromatic carbocycles. The molecule has 0 spiro atoms. The Morgan fingerprint density at radius 2 is 0.983 bits per heavy atom. The van der Waals surface area contributed by atoms with E-state index < -0.39 is 11.6 Å². The third-order valence-corrected chi connectivity index (χ3v) is 12.4. The summed E-state index contributed by atoms with van der Waals surface area (Å²) < 4.78 is 53.6. The van der Waals surface area contributed by atoms with Gasteiger partial charge in [-0.15, -0.1) is 0 Å². The minimum absolute atomic E-state index is 0.289. The SMILES string of the molecule is Fc1cc(Br)c(OCCCCN2CCN(c3cccc4[nH]ccc34)CC2)c(Br)c1.Fc1cc(Br)cc(F)c1OCCCCN1CCN(c2cccc3[nH]ccc23)CC1. The van der Waals surface area contributed by atoms with Gasteiger partial charge < -0.3 is 29.2 Å². The van der Waals surface area contributed by atoms with Crippen LogP contribution < -0.4 is 19.3 Å². The summed E-state index contributed by atoms with van der Waals surface area (Å²) in [6.45, 7) is 11.3. The highest BCUT2D eigenvalue weighted by atomic mass is 79.9. The van der Waals surface area contributed by atoms with E-state index in [9.17, 15) is 13.2 Å². The number of H-pyrrole nitrogens is 2. The van der Waals surface area contributed by atoms with Gasteiger partial charge in [0.25, 0.3) is 0 Å². The maximum Gasteiger partial charge on any atom is 0.190 e. The fourth-order valence-corrected chi connectivity index (χ4v) is 9.43. The predicted octanol–water partition coefficient (Wildman–Crippen LogP) is 11.0. The monoisotopic (exact) mass is 986 g/mol. The topological polar surface area (TPSA) is 63.0 Å². The van der Waals surface area contributed by atoms with Gasteiger partial charge in [-0.05, 0) is 131 Å². The molecule has 0 atom stereocenters. The van der Waals surface area contributed by atoms with E-state index in [0.29, 0.717) is 32.4 Å². The standard InChI is InChI=1S/C22H24Br2FN3O.C22H24BrF2N3O/c23-18-14-16(25)15-19(24)22(18)29-13-2-1-8-27-9-11-28(12-10-27)21-5-3-4-20-17(21)6-7-26-20;23-16-14-18(24)22(19(25)15-16)29-13-2-1-8-27-9-11-28(12-10-27)21-5-3-4-20-17(21)6-7-26-20/h2*3-7,14-15,26H,1-2,8-13H2. The van der Waals surface area contributed by atoms with Crippen LogP contribution >= 0.6 is 47.8 Å². The van der Waals surface area contributed by atoms with Crippen molar-refractivity contribution in [1.82, 2.24) is 19.8 Å². The number of hydrogen-bond acceptors (Lipinski definition) is 6. The van der Waals surface area contributed by atoms with E-state index in [0.717, 1.165) is 91.1 Å². The van der Waals surface area contributed by atoms with Gasteiger partial charge in [-0.2, -0.15) is 0 Å². The lowest BCUT2D eigenvalue weighted by molar-refractivity contribution is 0.233. The summed E-state index contributed by atoms with van der Waals surface area (Å²) in [6.07, 6.45) is 7.75. The van der Waals surface area contributed by atoms with Crippen LogP contribution in [0.1, 0.15) is 25.7 Å². The van der Waals surface area contributed by atoms with Crippen molar-refractivity contribution in [2.45, 2.75) is 25.7 Å². The number of aromatic amines is 2. The number of unbranched alkanes of at least 4 members (excludes halogenated alkanes) is 2. The van der Waals surface area contributed by atoms with Crippen molar-refractivity contribution in [3.63, 3.8) is 0 Å². The van der Waals surface area contributed by atoms with Crippen molar-refractivity contribution in [3.8, 4) is 11.5 Å². The molecule has 14 heteroatoms. The van der Waals surface area contributed by atoms with Crippen LogP contribution in [0.4, 0.5) is 24.5 Å². The van der Waals surface area contributed by atoms with Crippen molar-refractivity contribution < 1.29 is 22.6 Å². The molecule has 0 bridgehead atoms. The van der Waals surface area contributed by atoms with Gasteiger partial charge in [-0.25, -0.2) is 13.2 Å². The molecule has 2 aliphatic rings. The van der Waals surface area contributed by atoms with Crippen LogP contribution in [0.15, 0.2) is 98.6 Å². The number of rotatable bonds is 14. The first kappa shape index (κ1) is 42.4. The molecule has 8 rings (SSSR count). The average Bonchev–Trinajstić information content (AvgIpc) is 3.91. The highest BCUT2D eigenvalue weighted by molar-refractivity contribution is 9.11. The fourth-order valence-electron chi connectivity index (χ4n) is 7.67. The Balaban J connectivity index is 0.000000177. The lowest BCUT2D eigenvalue weighted by atomic mass is 10.1. The molecular formula is C44H48Br3F3N6O2. The summed E-state index contributed by atoms with van der Waals surface area (Å²) in [5.74, 6) is -1.27. The number of halogens is 6. The van der Waals surface area contributed by atoms with Crippen LogP contribution in [-0.2, 0) is 0 Å². The lowest BCUT2D eigenvalue weighted by Gasteiger charge is -2.36. The van der Waals surface area contributed by atoms with Gasteiger partial charge in [0, 0.05) is 102 Å². The molecule has 0 saturated carbocycles. The van der Waals surface area contributed by atoms with Gasteiger partial charge in [-0.3, -0.25) is 9.80 Å². The highest BCUT2D eigenvalue weighted by Crippen LogP contribution is 2.35. The van der Waals surface area contributed by atoms with Crippen LogP contribution in [0.5, 0.6) is 11.5 Å². The summed E-state index contributed by atoms with van der Waals surface area (Å²) in [5, 5.41) is 2.57. The second-order valence-corrected chi connectivity index (χ2v) is 17.2. The summed E-state index contributed by atoms with van der Waals surface area (Å²) in [4.78, 5) is 16.5. The second-order valence-electron chi connectivity index (χ2n) is 14.6. The molecular weight excluding hydrogens is 941 g/mol. The number of nitrogens with one attached hydrogen (secondary N) is 2. The quantitative estimate of drug-likeness (QED) is 0.106. The van der Waals surface area contributed by atoms with E-state index in [4.69, 9.17) is 9.47 Å². The second kappa shape index (κ2) is 20.5. The van der Waals surface area contributed by atoms with E-state index >= 15 is 0 Å². The Labute approximate surface area is 363 Å². The van der Waals surface area contributed by atoms with Crippen molar-refractivity contribution in [2.24, 2.45) is 0 Å². The van der Waals surface area contributed by atoms with E-state index in [-0.39, 0.29) is 11.6 Å². The lowest BCUT2D eigenvalue weighted by Crippen LogP contribution is -2.46. The molecule has 308 valence electrons. The molecule has 4 heterocycles. The highest BCUT2D eigenvalue weighted by Gasteiger charge is 2.20. The van der Waals surface area contributed by atoms with Crippen molar-refractivity contribution in [2.75, 3.05) is 88.5 Å². The van der Waals surface area contributed by atoms with Gasteiger partial charge in [-0.1, -0.05) is 28.1 Å². The Kier molecular flexibility index (Phi) is 15.0. The van der Waals surface area contributed by atoms with Crippen LogP contribution in [0, 0.1) is 17.5 Å². The van der Waals surface area contributed by atoms with Crippen LogP contribution in [0.3, 0.4) is 0 Å². The number of anilines is 2. The summed E-state index contributed by atoms with van der Waals surface area (Å²) in [5.41, 5.74) is 4.98. The maximum atomic E-state index is 13.8. The molecule has 0 unspecified atom stereocenters. The number of aromatic nitrogens is 2. The molecule has 0 radical (unpaired) electrons. The fraction of sp³-hybridized carbons (Fsp3) is 0.364. The van der Waals surface area contributed by atoms with Crippen LogP contribution in [-0.4, -0.2) is 98.4 Å². The average molecular weight is 990 g/mol. The van der Waals surface area contributed by atoms with Crippen molar-refractivity contribution >= 4 is 81.0 Å². The number of nitrogens with zero attached hydrogens (tertiary/aromatic N) is 4. The zero-order valence-corrected chi connectivity index (χ0v) is 37.0. The zero-order valence-electron chi connectivity index (χ0n) is 32.3. The Morgan fingerprint density at radius 1 is 0.534 bits per heavy atom. The molecule has 2 N–H and O–H groups in total. The van der Waals surface area contributed by atoms with Gasteiger partial charge in [0.1, 0.15) is 11.6 Å². The predicted molar refractivity (Wildman–Crippen MR) is 239 cm³/mol. The third-order valence-electron chi connectivity index (χ3n) is 10.7. The Bertz CT molecular complexity index is 2050. The zero-order chi connectivity index (χ0) is 40.4. The summed E-state index contributed by atoms with van der Waals surface area (Å²) in [6, 6.07) is 22.4. The largest absolute Gasteiger partial charge is 0.491 e. The van der Waals surface area contributed by atoms with E-state index in [1.165, 1.54) is 57.4 Å². The van der Waals surface area contributed by atoms with Gasteiger partial charge >= 0.3 is 0 Å². The normalized spacial score (nSPS) is 15.2. The maximum absolute atomic E-state index is 13.8. The molecule has 0 amide bonds. The first-order chi connectivity index (χ1) is 28.2. The Hall–Kier alpha value is -3.69. The van der Waals surface area contributed by atoms with E-state index in [1.54, 1.807) is 0 Å². The first-order valence-electron chi connectivity index (χ1n) is 19.8. The molecule has 58 heavy (non-hydrogen) atoms. The molecule has 8 nitrogen and oxygen atoms in total. The Morgan fingerprint density at radius 3 is 1.45 bits per heavy atom. The van der Waals surface area contributed by atoms with Crippen molar-refractivity contribution in [3.05, 3.63) is 116 Å². The number of benzene rings is 4. The molecule has 2 saturated heterocycles. The molecule has 6 aromatic rings. The van der Waals surface area contributed by atoms with Crippen LogP contribution in [0.25, 0.3) is 21.8 Å². The van der Waals surface area contributed by atoms with Crippen LogP contribution in [0.2, 0.25) is 0 Å². The summed E-state index contributed by atoms with van der Waals surface area (Å²) >= 11 is 9.78. The number of piperazine rings is 2. The van der Waals surface area contributed by atoms with Crippen molar-refractivity contribution in [1.29, 1.82) is 0 Å². The van der Waals surface area contributed by atoms with Gasteiger partial charge in [0.2, 0.25) is 0 Å². The number of ether oxygens (including phenoxy) is 2. The number of hydrogen-bond donors (Lipinski definition) is 2. The van der Waals surface area contributed by atoms with Gasteiger partial charge in [0.05, 0.1) is 22.2 Å². The minimum atomic E-state index is -0.676. The van der Waals surface area contributed by atoms with Gasteiger partial charge in [0.15, 0.2) is 17.4 Å². The smallest absolute Gasteiger partial charge is 0.190 e.